The van der Waals surface area contributed by atoms with Gasteiger partial charge in [0.2, 0.25) is 0 Å². The topological polar surface area (TPSA) is 64.4 Å². The highest BCUT2D eigenvalue weighted by atomic mass is 35.5. The molecule has 0 spiro atoms. The summed E-state index contributed by atoms with van der Waals surface area (Å²) >= 11 is 5.98. The monoisotopic (exact) mass is 320 g/mol. The highest BCUT2D eigenvalue weighted by Crippen LogP contribution is 2.31. The van der Waals surface area contributed by atoms with E-state index >= 15 is 0 Å². The molecule has 1 aliphatic carbocycles. The smallest absolute Gasteiger partial charge is 0.278 e. The van der Waals surface area contributed by atoms with Crippen molar-refractivity contribution in [2.45, 2.75) is 26.2 Å². The molecular formula is C16H17ClN2O3. The second-order valence-electron chi connectivity index (χ2n) is 5.58. The fourth-order valence-corrected chi connectivity index (χ4v) is 2.89. The molecule has 1 aromatic heterocycles. The van der Waals surface area contributed by atoms with E-state index in [2.05, 4.69) is 17.4 Å². The van der Waals surface area contributed by atoms with Crippen LogP contribution in [0.4, 0.5) is 5.69 Å². The largest absolute Gasteiger partial charge is 0.495 e. The molecule has 116 valence electrons. The highest BCUT2D eigenvalue weighted by molar-refractivity contribution is 6.31. The molecular weight excluding hydrogens is 304 g/mol. The van der Waals surface area contributed by atoms with Crippen LogP contribution in [0.1, 0.15) is 35.2 Å². The van der Waals surface area contributed by atoms with Gasteiger partial charge in [0.1, 0.15) is 11.5 Å². The molecule has 1 aromatic carbocycles. The standard InChI is InChI=1S/C16H17ClN2O3/c1-9-3-5-13-11(7-9)15(19-22-13)16(20)18-12-8-10(17)4-6-14(12)21-2/h4,6,8-9H,3,5,7H2,1-2H3,(H,18,20)/t9-/m0/s1. The van der Waals surface area contributed by atoms with Gasteiger partial charge < -0.3 is 14.6 Å². The number of fused-ring (bicyclic) bond motifs is 1. The second kappa shape index (κ2) is 6.01. The van der Waals surface area contributed by atoms with Gasteiger partial charge in [-0.15, -0.1) is 0 Å². The lowest BCUT2D eigenvalue weighted by Crippen LogP contribution is -2.18. The minimum Gasteiger partial charge on any atom is -0.495 e. The predicted molar refractivity (Wildman–Crippen MR) is 83.6 cm³/mol. The Balaban J connectivity index is 1.87. The first-order chi connectivity index (χ1) is 10.6. The molecule has 3 rings (SSSR count). The Labute approximate surface area is 133 Å². The van der Waals surface area contributed by atoms with E-state index in [1.54, 1.807) is 25.3 Å². The van der Waals surface area contributed by atoms with Gasteiger partial charge in [-0.05, 0) is 37.0 Å². The van der Waals surface area contributed by atoms with Crippen LogP contribution >= 0.6 is 11.6 Å². The Morgan fingerprint density at radius 3 is 3.09 bits per heavy atom. The lowest BCUT2D eigenvalue weighted by Gasteiger charge is -2.16. The van der Waals surface area contributed by atoms with Gasteiger partial charge in [-0.1, -0.05) is 23.7 Å². The van der Waals surface area contributed by atoms with Gasteiger partial charge in [-0.3, -0.25) is 4.79 Å². The van der Waals surface area contributed by atoms with E-state index < -0.39 is 0 Å². The minimum atomic E-state index is -0.306. The van der Waals surface area contributed by atoms with Crippen LogP contribution in [0.5, 0.6) is 5.75 Å². The van der Waals surface area contributed by atoms with Crippen molar-refractivity contribution in [2.75, 3.05) is 12.4 Å². The van der Waals surface area contributed by atoms with Crippen LogP contribution in [0.15, 0.2) is 22.7 Å². The molecule has 1 aliphatic rings. The number of aryl methyl sites for hydroxylation is 1. The number of carbonyl (C=O) groups excluding carboxylic acids is 1. The molecule has 0 saturated heterocycles. The summed E-state index contributed by atoms with van der Waals surface area (Å²) in [5, 5.41) is 7.26. The number of nitrogens with zero attached hydrogens (tertiary/aromatic N) is 1. The lowest BCUT2D eigenvalue weighted by atomic mass is 9.88. The van der Waals surface area contributed by atoms with Crippen molar-refractivity contribution in [2.24, 2.45) is 5.92 Å². The second-order valence-corrected chi connectivity index (χ2v) is 6.02. The van der Waals surface area contributed by atoms with E-state index in [1.165, 1.54) is 0 Å². The summed E-state index contributed by atoms with van der Waals surface area (Å²) in [7, 11) is 1.54. The maximum atomic E-state index is 12.5. The van der Waals surface area contributed by atoms with E-state index in [9.17, 15) is 4.79 Å². The summed E-state index contributed by atoms with van der Waals surface area (Å²) in [5.74, 6) is 1.59. The molecule has 2 aromatic rings. The summed E-state index contributed by atoms with van der Waals surface area (Å²) < 4.78 is 10.5. The van der Waals surface area contributed by atoms with Crippen molar-refractivity contribution in [3.05, 3.63) is 40.2 Å². The maximum absolute atomic E-state index is 12.5. The number of benzene rings is 1. The third-order valence-corrected chi connectivity index (χ3v) is 4.15. The number of hydrogen-bond acceptors (Lipinski definition) is 4. The molecule has 1 atom stereocenters. The predicted octanol–water partition coefficient (Wildman–Crippen LogP) is 3.71. The van der Waals surface area contributed by atoms with Gasteiger partial charge in [-0.25, -0.2) is 0 Å². The summed E-state index contributed by atoms with van der Waals surface area (Å²) in [4.78, 5) is 12.5. The van der Waals surface area contributed by atoms with Crippen molar-refractivity contribution >= 4 is 23.2 Å². The SMILES string of the molecule is COc1ccc(Cl)cc1NC(=O)c1noc2c1C[C@@H](C)CC2. The van der Waals surface area contributed by atoms with Crippen LogP contribution in [-0.4, -0.2) is 18.2 Å². The molecule has 0 aliphatic heterocycles. The van der Waals surface area contributed by atoms with E-state index in [1.807, 2.05) is 0 Å². The van der Waals surface area contributed by atoms with Crippen molar-refractivity contribution in [1.82, 2.24) is 5.16 Å². The van der Waals surface area contributed by atoms with Gasteiger partial charge in [0.05, 0.1) is 12.8 Å². The molecule has 22 heavy (non-hydrogen) atoms. The number of carbonyl (C=O) groups is 1. The highest BCUT2D eigenvalue weighted by Gasteiger charge is 2.27. The average Bonchev–Trinajstić information content (AvgIpc) is 2.90. The number of hydrogen-bond donors (Lipinski definition) is 1. The zero-order valence-electron chi connectivity index (χ0n) is 12.5. The van der Waals surface area contributed by atoms with Crippen LogP contribution in [0.2, 0.25) is 5.02 Å². The Hall–Kier alpha value is -2.01. The number of ether oxygens (including phenoxy) is 1. The van der Waals surface area contributed by atoms with Crippen molar-refractivity contribution in [3.8, 4) is 5.75 Å². The molecule has 0 unspecified atom stereocenters. The molecule has 1 heterocycles. The number of halogens is 1. The summed E-state index contributed by atoms with van der Waals surface area (Å²) in [5.41, 5.74) is 1.78. The fourth-order valence-electron chi connectivity index (χ4n) is 2.72. The molecule has 0 radical (unpaired) electrons. The van der Waals surface area contributed by atoms with Gasteiger partial charge in [0.25, 0.3) is 5.91 Å². The van der Waals surface area contributed by atoms with Crippen LogP contribution in [0, 0.1) is 5.92 Å². The molecule has 1 N–H and O–H groups in total. The van der Waals surface area contributed by atoms with Gasteiger partial charge >= 0.3 is 0 Å². The first kappa shape index (κ1) is 14.9. The number of nitrogens with one attached hydrogen (secondary N) is 1. The quantitative estimate of drug-likeness (QED) is 0.936. The normalized spacial score (nSPS) is 17.0. The van der Waals surface area contributed by atoms with Crippen molar-refractivity contribution in [3.63, 3.8) is 0 Å². The summed E-state index contributed by atoms with van der Waals surface area (Å²) in [6, 6.07) is 5.06. The molecule has 1 amide bonds. The fraction of sp³-hybridized carbons (Fsp3) is 0.375. The number of amides is 1. The van der Waals surface area contributed by atoms with Crippen LogP contribution in [0.3, 0.4) is 0 Å². The third kappa shape index (κ3) is 2.81. The minimum absolute atomic E-state index is 0.306. The Morgan fingerprint density at radius 2 is 2.32 bits per heavy atom. The lowest BCUT2D eigenvalue weighted by molar-refractivity contribution is 0.101. The maximum Gasteiger partial charge on any atom is 0.278 e. The van der Waals surface area contributed by atoms with Gasteiger partial charge in [0, 0.05) is 17.0 Å². The molecule has 5 nitrogen and oxygen atoms in total. The Morgan fingerprint density at radius 1 is 1.50 bits per heavy atom. The summed E-state index contributed by atoms with van der Waals surface area (Å²) in [6.07, 6.45) is 2.71. The van der Waals surface area contributed by atoms with Crippen LogP contribution < -0.4 is 10.1 Å². The summed E-state index contributed by atoms with van der Waals surface area (Å²) in [6.45, 7) is 2.16. The van der Waals surface area contributed by atoms with E-state index in [4.69, 9.17) is 20.9 Å². The zero-order valence-corrected chi connectivity index (χ0v) is 13.2. The zero-order chi connectivity index (χ0) is 15.7. The van der Waals surface area contributed by atoms with E-state index in [0.29, 0.717) is 28.1 Å². The molecule has 0 saturated carbocycles. The van der Waals surface area contributed by atoms with E-state index in [0.717, 1.165) is 30.6 Å². The number of anilines is 1. The number of methoxy groups -OCH3 is 1. The molecule has 0 fully saturated rings. The first-order valence-corrected chi connectivity index (χ1v) is 7.58. The van der Waals surface area contributed by atoms with Crippen molar-refractivity contribution in [1.29, 1.82) is 0 Å². The van der Waals surface area contributed by atoms with Crippen molar-refractivity contribution < 1.29 is 14.1 Å². The van der Waals surface area contributed by atoms with Crippen LogP contribution in [0.25, 0.3) is 0 Å². The average molecular weight is 321 g/mol. The first-order valence-electron chi connectivity index (χ1n) is 7.20. The molecule has 0 bridgehead atoms. The van der Waals surface area contributed by atoms with Gasteiger partial charge in [-0.2, -0.15) is 0 Å². The Kier molecular flexibility index (Phi) is 4.07. The number of rotatable bonds is 3. The van der Waals surface area contributed by atoms with Gasteiger partial charge in [0.15, 0.2) is 5.69 Å². The Bertz CT molecular complexity index is 711. The third-order valence-electron chi connectivity index (χ3n) is 3.91. The van der Waals surface area contributed by atoms with Crippen LogP contribution in [-0.2, 0) is 12.8 Å². The molecule has 6 heteroatoms. The number of aromatic nitrogens is 1. The van der Waals surface area contributed by atoms with E-state index in [-0.39, 0.29) is 5.91 Å².